The first kappa shape index (κ1) is 19.9. The lowest BCUT2D eigenvalue weighted by atomic mass is 9.97. The van der Waals surface area contributed by atoms with Gasteiger partial charge in [0.25, 0.3) is 0 Å². The van der Waals surface area contributed by atoms with Gasteiger partial charge in [0, 0.05) is 26.9 Å². The van der Waals surface area contributed by atoms with Crippen LogP contribution in [0.5, 0.6) is 0 Å². The summed E-state index contributed by atoms with van der Waals surface area (Å²) in [5, 5.41) is 1.34. The van der Waals surface area contributed by atoms with E-state index in [-0.39, 0.29) is 24.4 Å². The number of methoxy groups -OCH3 is 3. The van der Waals surface area contributed by atoms with Gasteiger partial charge in [-0.15, -0.1) is 0 Å². The van der Waals surface area contributed by atoms with E-state index in [9.17, 15) is 0 Å². The molecule has 2 aliphatic rings. The molecule has 0 aromatic heterocycles. The van der Waals surface area contributed by atoms with Gasteiger partial charge in [-0.05, 0) is 0 Å². The molecule has 2 fully saturated rings. The van der Waals surface area contributed by atoms with Gasteiger partial charge in [-0.1, -0.05) is 49.1 Å². The van der Waals surface area contributed by atoms with E-state index in [4.69, 9.17) is 28.4 Å². The first-order valence-electron chi connectivity index (χ1n) is 9.01. The fourth-order valence-corrected chi connectivity index (χ4v) is 5.46. The molecular weight excluding hydrogens is 352 g/mol. The summed E-state index contributed by atoms with van der Waals surface area (Å²) >= 11 is 0. The number of hydrogen-bond acceptors (Lipinski definition) is 6. The molecule has 0 bridgehead atoms. The molecule has 2 heterocycles. The van der Waals surface area contributed by atoms with Crippen LogP contribution in [0.2, 0.25) is 19.6 Å². The number of rotatable bonds is 5. The number of ether oxygens (including phenoxy) is 6. The van der Waals surface area contributed by atoms with E-state index < -0.39 is 20.7 Å². The Kier molecular flexibility index (Phi) is 6.18. The third-order valence-corrected chi connectivity index (χ3v) is 7.15. The quantitative estimate of drug-likeness (QED) is 0.727. The molecule has 1 aromatic carbocycles. The number of fused-ring (bicyclic) bond motifs is 1. The standard InChI is InChI=1S/C19H30O6Si/c1-20-16-15-13(24-19(22-3)17(16)21-2)11-23-18(25-15)12-9-7-8-10-14(12)26(4,5)6/h7-10,13,15-19H,11H2,1-6H3/t13-,15-,16+,17-,18-,19+/m1/s1. The van der Waals surface area contributed by atoms with Gasteiger partial charge in [0.15, 0.2) is 12.6 Å². The molecule has 0 unspecified atom stereocenters. The van der Waals surface area contributed by atoms with Crippen molar-refractivity contribution in [2.45, 2.75) is 56.6 Å². The van der Waals surface area contributed by atoms with Crippen LogP contribution in [0.15, 0.2) is 24.3 Å². The van der Waals surface area contributed by atoms with Crippen LogP contribution >= 0.6 is 0 Å². The minimum atomic E-state index is -1.54. The second kappa shape index (κ2) is 8.06. The van der Waals surface area contributed by atoms with E-state index >= 15 is 0 Å². The molecule has 7 heteroatoms. The molecule has 0 aliphatic carbocycles. The highest BCUT2D eigenvalue weighted by molar-refractivity contribution is 6.89. The summed E-state index contributed by atoms with van der Waals surface area (Å²) in [5.41, 5.74) is 1.10. The van der Waals surface area contributed by atoms with Crippen LogP contribution in [0.1, 0.15) is 11.9 Å². The SMILES string of the molecule is CO[C@H]1O[C@@H]2CO[C@@H](c3ccccc3[Si](C)(C)C)O[C@H]2[C@H](OC)[C@H]1OC. The predicted octanol–water partition coefficient (Wildman–Crippen LogP) is 2.05. The lowest BCUT2D eigenvalue weighted by molar-refractivity contribution is -0.362. The topological polar surface area (TPSA) is 55.4 Å². The van der Waals surface area contributed by atoms with Crippen molar-refractivity contribution in [3.8, 4) is 0 Å². The predicted molar refractivity (Wildman–Crippen MR) is 100 cm³/mol. The Hall–Kier alpha value is -0.803. The maximum atomic E-state index is 6.36. The molecule has 0 N–H and O–H groups in total. The monoisotopic (exact) mass is 382 g/mol. The first-order valence-corrected chi connectivity index (χ1v) is 12.5. The van der Waals surface area contributed by atoms with Gasteiger partial charge in [-0.25, -0.2) is 0 Å². The maximum absolute atomic E-state index is 6.36. The normalized spacial score (nSPS) is 35.2. The van der Waals surface area contributed by atoms with Gasteiger partial charge in [0.1, 0.15) is 24.4 Å². The first-order chi connectivity index (χ1) is 12.4. The zero-order valence-electron chi connectivity index (χ0n) is 16.4. The third-order valence-electron chi connectivity index (χ3n) is 5.08. The van der Waals surface area contributed by atoms with E-state index in [1.807, 2.05) is 6.07 Å². The van der Waals surface area contributed by atoms with Crippen molar-refractivity contribution in [3.05, 3.63) is 29.8 Å². The van der Waals surface area contributed by atoms with Crippen molar-refractivity contribution in [1.29, 1.82) is 0 Å². The zero-order chi connectivity index (χ0) is 18.9. The summed E-state index contributed by atoms with van der Waals surface area (Å²) in [6.45, 7) is 7.39. The highest BCUT2D eigenvalue weighted by Gasteiger charge is 2.51. The van der Waals surface area contributed by atoms with Crippen LogP contribution < -0.4 is 5.19 Å². The van der Waals surface area contributed by atoms with Gasteiger partial charge in [-0.2, -0.15) is 0 Å². The fourth-order valence-electron chi connectivity index (χ4n) is 3.80. The third kappa shape index (κ3) is 3.75. The van der Waals surface area contributed by atoms with Crippen LogP contribution in [0.3, 0.4) is 0 Å². The molecule has 146 valence electrons. The van der Waals surface area contributed by atoms with Crippen LogP contribution in [0.4, 0.5) is 0 Å². The molecule has 0 spiro atoms. The molecule has 6 atom stereocenters. The summed E-state index contributed by atoms with van der Waals surface area (Å²) in [4.78, 5) is 0. The summed E-state index contributed by atoms with van der Waals surface area (Å²) < 4.78 is 35.1. The van der Waals surface area contributed by atoms with Crippen molar-refractivity contribution in [2.75, 3.05) is 27.9 Å². The summed E-state index contributed by atoms with van der Waals surface area (Å²) in [6.07, 6.45) is -2.15. The Morgan fingerprint density at radius 2 is 1.62 bits per heavy atom. The minimum Gasteiger partial charge on any atom is -0.376 e. The minimum absolute atomic E-state index is 0.258. The molecular formula is C19H30O6Si. The Bertz CT molecular complexity index is 604. The Morgan fingerprint density at radius 1 is 0.923 bits per heavy atom. The average molecular weight is 383 g/mol. The summed E-state index contributed by atoms with van der Waals surface area (Å²) in [7, 11) is 3.35. The number of hydrogen-bond donors (Lipinski definition) is 0. The second-order valence-corrected chi connectivity index (χ2v) is 12.8. The van der Waals surface area contributed by atoms with Crippen LogP contribution in [-0.4, -0.2) is 66.7 Å². The van der Waals surface area contributed by atoms with E-state index in [2.05, 4.69) is 37.8 Å². The Labute approximate surface area is 156 Å². The maximum Gasteiger partial charge on any atom is 0.186 e. The molecule has 0 radical (unpaired) electrons. The molecule has 3 rings (SSSR count). The zero-order valence-corrected chi connectivity index (χ0v) is 17.4. The van der Waals surface area contributed by atoms with Crippen LogP contribution in [-0.2, 0) is 28.4 Å². The lowest BCUT2D eigenvalue weighted by Crippen LogP contribution is -2.63. The summed E-state index contributed by atoms with van der Waals surface area (Å²) in [5.74, 6) is 0. The van der Waals surface area contributed by atoms with Crippen molar-refractivity contribution >= 4 is 13.3 Å². The Balaban J connectivity index is 1.87. The van der Waals surface area contributed by atoms with Crippen molar-refractivity contribution in [3.63, 3.8) is 0 Å². The van der Waals surface area contributed by atoms with Crippen molar-refractivity contribution < 1.29 is 28.4 Å². The molecule has 26 heavy (non-hydrogen) atoms. The molecule has 2 saturated heterocycles. The molecule has 1 aromatic rings. The largest absolute Gasteiger partial charge is 0.376 e. The van der Waals surface area contributed by atoms with Crippen LogP contribution in [0, 0.1) is 0 Å². The highest BCUT2D eigenvalue weighted by atomic mass is 28.3. The Morgan fingerprint density at radius 3 is 2.23 bits per heavy atom. The van der Waals surface area contributed by atoms with Crippen molar-refractivity contribution in [1.82, 2.24) is 0 Å². The van der Waals surface area contributed by atoms with Gasteiger partial charge in [-0.3, -0.25) is 0 Å². The van der Waals surface area contributed by atoms with E-state index in [1.54, 1.807) is 21.3 Å². The smallest absolute Gasteiger partial charge is 0.186 e. The highest BCUT2D eigenvalue weighted by Crippen LogP contribution is 2.36. The molecule has 0 amide bonds. The van der Waals surface area contributed by atoms with Gasteiger partial charge in [0.05, 0.1) is 14.7 Å². The average Bonchev–Trinajstić information content (AvgIpc) is 2.65. The molecule has 6 nitrogen and oxygen atoms in total. The van der Waals surface area contributed by atoms with E-state index in [1.165, 1.54) is 5.19 Å². The van der Waals surface area contributed by atoms with Crippen molar-refractivity contribution in [2.24, 2.45) is 0 Å². The molecule has 0 saturated carbocycles. The van der Waals surface area contributed by atoms with Gasteiger partial charge < -0.3 is 28.4 Å². The lowest BCUT2D eigenvalue weighted by Gasteiger charge is -2.48. The van der Waals surface area contributed by atoms with E-state index in [0.717, 1.165) is 5.56 Å². The molecule has 2 aliphatic heterocycles. The summed E-state index contributed by atoms with van der Waals surface area (Å²) in [6, 6.07) is 8.39. The van der Waals surface area contributed by atoms with E-state index in [0.29, 0.717) is 6.61 Å². The second-order valence-electron chi connectivity index (χ2n) is 7.78. The number of benzene rings is 1. The fraction of sp³-hybridized carbons (Fsp3) is 0.684. The van der Waals surface area contributed by atoms with Crippen LogP contribution in [0.25, 0.3) is 0 Å². The van der Waals surface area contributed by atoms with Gasteiger partial charge in [0.2, 0.25) is 0 Å². The van der Waals surface area contributed by atoms with Gasteiger partial charge >= 0.3 is 0 Å².